The van der Waals surface area contributed by atoms with Crippen LogP contribution in [0, 0.1) is 0 Å². The van der Waals surface area contributed by atoms with E-state index >= 15 is 0 Å². The quantitative estimate of drug-likeness (QED) is 0.604. The van der Waals surface area contributed by atoms with Gasteiger partial charge in [0.05, 0.1) is 6.04 Å². The molecule has 1 fully saturated rings. The monoisotopic (exact) mass is 185 g/mol. The van der Waals surface area contributed by atoms with Crippen molar-refractivity contribution in [2.45, 2.75) is 25.9 Å². The zero-order chi connectivity index (χ0) is 9.84. The van der Waals surface area contributed by atoms with Crippen molar-refractivity contribution >= 4 is 5.91 Å². The van der Waals surface area contributed by atoms with E-state index < -0.39 is 0 Å². The Kier molecular flexibility index (Phi) is 3.69. The molecule has 1 saturated heterocycles. The summed E-state index contributed by atoms with van der Waals surface area (Å²) in [5, 5.41) is 6.11. The van der Waals surface area contributed by atoms with Gasteiger partial charge in [0.2, 0.25) is 5.91 Å². The SMILES string of the molecule is CC(C)NC(=O)C1CN(C)CCN1. The number of hydrogen-bond donors (Lipinski definition) is 2. The molecule has 0 spiro atoms. The van der Waals surface area contributed by atoms with Crippen LogP contribution in [-0.4, -0.2) is 49.6 Å². The second-order valence-corrected chi connectivity index (χ2v) is 3.93. The molecule has 76 valence electrons. The van der Waals surface area contributed by atoms with Crippen LogP contribution in [0.3, 0.4) is 0 Å². The number of nitrogens with zero attached hydrogens (tertiary/aromatic N) is 1. The Hall–Kier alpha value is -0.610. The summed E-state index contributed by atoms with van der Waals surface area (Å²) < 4.78 is 0. The minimum atomic E-state index is -0.0406. The van der Waals surface area contributed by atoms with Gasteiger partial charge in [-0.3, -0.25) is 4.79 Å². The van der Waals surface area contributed by atoms with Crippen LogP contribution in [0.1, 0.15) is 13.8 Å². The van der Waals surface area contributed by atoms with E-state index in [1.807, 2.05) is 20.9 Å². The van der Waals surface area contributed by atoms with Crippen molar-refractivity contribution in [3.63, 3.8) is 0 Å². The Bertz CT molecular complexity index is 182. The molecular formula is C9H19N3O. The largest absolute Gasteiger partial charge is 0.353 e. The average molecular weight is 185 g/mol. The number of hydrogen-bond acceptors (Lipinski definition) is 3. The summed E-state index contributed by atoms with van der Waals surface area (Å²) in [5.41, 5.74) is 0. The van der Waals surface area contributed by atoms with E-state index in [1.165, 1.54) is 0 Å². The first kappa shape index (κ1) is 10.5. The lowest BCUT2D eigenvalue weighted by Crippen LogP contribution is -2.56. The van der Waals surface area contributed by atoms with E-state index in [9.17, 15) is 4.79 Å². The van der Waals surface area contributed by atoms with Gasteiger partial charge in [0, 0.05) is 25.7 Å². The molecule has 2 N–H and O–H groups in total. The first-order chi connectivity index (χ1) is 6.09. The van der Waals surface area contributed by atoms with E-state index in [0.29, 0.717) is 0 Å². The number of rotatable bonds is 2. The van der Waals surface area contributed by atoms with Gasteiger partial charge in [0.25, 0.3) is 0 Å². The lowest BCUT2D eigenvalue weighted by Gasteiger charge is -2.30. The van der Waals surface area contributed by atoms with Gasteiger partial charge < -0.3 is 15.5 Å². The predicted octanol–water partition coefficient (Wildman–Crippen LogP) is -0.585. The fourth-order valence-corrected chi connectivity index (χ4v) is 1.46. The van der Waals surface area contributed by atoms with Crippen LogP contribution in [0.4, 0.5) is 0 Å². The maximum absolute atomic E-state index is 11.6. The Labute approximate surface area is 79.7 Å². The van der Waals surface area contributed by atoms with Crippen molar-refractivity contribution in [1.82, 2.24) is 15.5 Å². The van der Waals surface area contributed by atoms with Gasteiger partial charge in [0.1, 0.15) is 0 Å². The zero-order valence-electron chi connectivity index (χ0n) is 8.63. The van der Waals surface area contributed by atoms with E-state index in [0.717, 1.165) is 19.6 Å². The number of likely N-dealkylation sites (N-methyl/N-ethyl adjacent to an activating group) is 1. The van der Waals surface area contributed by atoms with Crippen LogP contribution in [-0.2, 0) is 4.79 Å². The van der Waals surface area contributed by atoms with Crippen molar-refractivity contribution < 1.29 is 4.79 Å². The summed E-state index contributed by atoms with van der Waals surface area (Å²) in [7, 11) is 2.04. The van der Waals surface area contributed by atoms with Crippen LogP contribution in [0.2, 0.25) is 0 Å². The third kappa shape index (κ3) is 3.32. The summed E-state index contributed by atoms with van der Waals surface area (Å²) >= 11 is 0. The molecule has 4 heteroatoms. The summed E-state index contributed by atoms with van der Waals surface area (Å²) in [6.07, 6.45) is 0. The maximum atomic E-state index is 11.6. The molecule has 4 nitrogen and oxygen atoms in total. The summed E-state index contributed by atoms with van der Waals surface area (Å²) in [5.74, 6) is 0.113. The van der Waals surface area contributed by atoms with Crippen LogP contribution >= 0.6 is 0 Å². The highest BCUT2D eigenvalue weighted by Gasteiger charge is 2.23. The molecule has 0 bridgehead atoms. The summed E-state index contributed by atoms with van der Waals surface area (Å²) in [4.78, 5) is 13.7. The topological polar surface area (TPSA) is 44.4 Å². The van der Waals surface area contributed by atoms with Crippen LogP contribution < -0.4 is 10.6 Å². The van der Waals surface area contributed by atoms with E-state index in [4.69, 9.17) is 0 Å². The Morgan fingerprint density at radius 2 is 2.31 bits per heavy atom. The highest BCUT2D eigenvalue weighted by atomic mass is 16.2. The van der Waals surface area contributed by atoms with Gasteiger partial charge in [-0.15, -0.1) is 0 Å². The second-order valence-electron chi connectivity index (χ2n) is 3.93. The van der Waals surface area contributed by atoms with Crippen molar-refractivity contribution in [2.24, 2.45) is 0 Å². The lowest BCUT2D eigenvalue weighted by molar-refractivity contribution is -0.124. The van der Waals surface area contributed by atoms with Crippen molar-refractivity contribution in [2.75, 3.05) is 26.7 Å². The van der Waals surface area contributed by atoms with Crippen molar-refractivity contribution in [3.8, 4) is 0 Å². The van der Waals surface area contributed by atoms with Gasteiger partial charge in [-0.1, -0.05) is 0 Å². The molecular weight excluding hydrogens is 166 g/mol. The molecule has 0 aliphatic carbocycles. The normalized spacial score (nSPS) is 24.8. The van der Waals surface area contributed by atoms with Gasteiger partial charge in [-0.2, -0.15) is 0 Å². The molecule has 0 aromatic rings. The lowest BCUT2D eigenvalue weighted by atomic mass is 10.2. The van der Waals surface area contributed by atoms with E-state index in [-0.39, 0.29) is 18.0 Å². The molecule has 0 saturated carbocycles. The van der Waals surface area contributed by atoms with Crippen LogP contribution in [0.25, 0.3) is 0 Å². The van der Waals surface area contributed by atoms with Crippen LogP contribution in [0.5, 0.6) is 0 Å². The number of carbonyl (C=O) groups excluding carboxylic acids is 1. The highest BCUT2D eigenvalue weighted by Crippen LogP contribution is 1.96. The molecule has 13 heavy (non-hydrogen) atoms. The summed E-state index contributed by atoms with van der Waals surface area (Å²) in [6.45, 7) is 6.67. The first-order valence-electron chi connectivity index (χ1n) is 4.82. The molecule has 1 amide bonds. The standard InChI is InChI=1S/C9H19N3O/c1-7(2)11-9(13)8-6-12(3)5-4-10-8/h7-8,10H,4-6H2,1-3H3,(H,11,13). The average Bonchev–Trinajstić information content (AvgIpc) is 2.03. The third-order valence-electron chi connectivity index (χ3n) is 2.13. The fraction of sp³-hybridized carbons (Fsp3) is 0.889. The molecule has 1 atom stereocenters. The minimum Gasteiger partial charge on any atom is -0.353 e. The van der Waals surface area contributed by atoms with E-state index in [2.05, 4.69) is 15.5 Å². The minimum absolute atomic E-state index is 0.0406. The Balaban J connectivity index is 2.37. The molecule has 0 aromatic carbocycles. The second kappa shape index (κ2) is 4.58. The van der Waals surface area contributed by atoms with Gasteiger partial charge >= 0.3 is 0 Å². The summed E-state index contributed by atoms with van der Waals surface area (Å²) in [6, 6.07) is 0.183. The van der Waals surface area contributed by atoms with Crippen LogP contribution in [0.15, 0.2) is 0 Å². The molecule has 1 heterocycles. The number of amides is 1. The molecule has 1 rings (SSSR count). The van der Waals surface area contributed by atoms with Crippen molar-refractivity contribution in [1.29, 1.82) is 0 Å². The smallest absolute Gasteiger partial charge is 0.238 e. The molecule has 1 unspecified atom stereocenters. The zero-order valence-corrected chi connectivity index (χ0v) is 8.63. The Morgan fingerprint density at radius 3 is 2.85 bits per heavy atom. The van der Waals surface area contributed by atoms with Gasteiger partial charge in [-0.05, 0) is 20.9 Å². The maximum Gasteiger partial charge on any atom is 0.238 e. The number of nitrogens with one attached hydrogen (secondary N) is 2. The fourth-order valence-electron chi connectivity index (χ4n) is 1.46. The molecule has 1 aliphatic rings. The van der Waals surface area contributed by atoms with Gasteiger partial charge in [0.15, 0.2) is 0 Å². The van der Waals surface area contributed by atoms with E-state index in [1.54, 1.807) is 0 Å². The van der Waals surface area contributed by atoms with Gasteiger partial charge in [-0.25, -0.2) is 0 Å². The predicted molar refractivity (Wildman–Crippen MR) is 52.6 cm³/mol. The third-order valence-corrected chi connectivity index (χ3v) is 2.13. The molecule has 0 aromatic heterocycles. The first-order valence-corrected chi connectivity index (χ1v) is 4.82. The number of carbonyl (C=O) groups is 1. The van der Waals surface area contributed by atoms with Crippen molar-refractivity contribution in [3.05, 3.63) is 0 Å². The number of piperazine rings is 1. The molecule has 1 aliphatic heterocycles. The molecule has 0 radical (unpaired) electrons. The Morgan fingerprint density at radius 1 is 1.62 bits per heavy atom. The highest BCUT2D eigenvalue weighted by molar-refractivity contribution is 5.82.